The lowest BCUT2D eigenvalue weighted by Gasteiger charge is -2.35. The number of hydrogen-bond donors (Lipinski definition) is 1. The fourth-order valence-corrected chi connectivity index (χ4v) is 6.67. The molecule has 2 fully saturated rings. The highest BCUT2D eigenvalue weighted by atomic mass is 15.2. The summed E-state index contributed by atoms with van der Waals surface area (Å²) >= 11 is 0. The Morgan fingerprint density at radius 3 is 2.33 bits per heavy atom. The van der Waals surface area contributed by atoms with Crippen LogP contribution in [0.2, 0.25) is 0 Å². The fourth-order valence-electron chi connectivity index (χ4n) is 6.67. The average Bonchev–Trinajstić information content (AvgIpc) is 2.93. The molecule has 1 aromatic rings. The van der Waals surface area contributed by atoms with Crippen molar-refractivity contribution in [1.29, 1.82) is 0 Å². The van der Waals surface area contributed by atoms with E-state index < -0.39 is 0 Å². The molecule has 2 aliphatic rings. The van der Waals surface area contributed by atoms with Crippen molar-refractivity contribution in [2.45, 2.75) is 97.4 Å². The van der Waals surface area contributed by atoms with Crippen LogP contribution in [0.3, 0.4) is 0 Å². The first kappa shape index (κ1) is 32.4. The first-order chi connectivity index (χ1) is 19.2. The van der Waals surface area contributed by atoms with E-state index in [1.54, 1.807) is 5.56 Å². The molecule has 1 aliphatic heterocycles. The molecular formula is C35H61N5. The molecule has 1 saturated carbocycles. The molecule has 1 N–H and O–H groups in total. The van der Waals surface area contributed by atoms with E-state index in [2.05, 4.69) is 98.7 Å². The molecule has 3 rings (SSSR count). The molecule has 5 nitrogen and oxygen atoms in total. The minimum atomic E-state index is 0.551. The topological polar surface area (TPSA) is 25.0 Å². The second kappa shape index (κ2) is 16.3. The highest BCUT2D eigenvalue weighted by molar-refractivity contribution is 5.66. The number of aryl methyl sites for hydroxylation is 1. The number of piperidine rings is 1. The summed E-state index contributed by atoms with van der Waals surface area (Å²) in [5, 5.41) is 3.93. The summed E-state index contributed by atoms with van der Waals surface area (Å²) in [5.41, 5.74) is 7.21. The lowest BCUT2D eigenvalue weighted by atomic mass is 9.81. The van der Waals surface area contributed by atoms with Crippen LogP contribution in [0.5, 0.6) is 0 Å². The molecule has 1 aromatic carbocycles. The number of benzene rings is 1. The van der Waals surface area contributed by atoms with Crippen LogP contribution in [0.1, 0.15) is 89.2 Å². The third-order valence-corrected chi connectivity index (χ3v) is 9.06. The van der Waals surface area contributed by atoms with E-state index in [4.69, 9.17) is 0 Å². The Morgan fingerprint density at radius 2 is 1.70 bits per heavy atom. The van der Waals surface area contributed by atoms with Gasteiger partial charge in [-0.3, -0.25) is 0 Å². The lowest BCUT2D eigenvalue weighted by molar-refractivity contribution is 0.279. The highest BCUT2D eigenvalue weighted by Crippen LogP contribution is 2.36. The van der Waals surface area contributed by atoms with Gasteiger partial charge in [0.05, 0.1) is 0 Å². The van der Waals surface area contributed by atoms with Crippen LogP contribution in [0.25, 0.3) is 0 Å². The maximum absolute atomic E-state index is 4.37. The number of nitrogens with one attached hydrogen (secondary N) is 1. The summed E-state index contributed by atoms with van der Waals surface area (Å²) in [4.78, 5) is 9.74. The number of nitrogens with zero attached hydrogens (tertiary/aromatic N) is 4. The first-order valence-electron chi connectivity index (χ1n) is 16.3. The van der Waals surface area contributed by atoms with E-state index in [-0.39, 0.29) is 0 Å². The summed E-state index contributed by atoms with van der Waals surface area (Å²) in [7, 11) is 8.78. The quantitative estimate of drug-likeness (QED) is 0.232. The maximum Gasteiger partial charge on any atom is 0.101 e. The van der Waals surface area contributed by atoms with Gasteiger partial charge in [0.15, 0.2) is 0 Å². The van der Waals surface area contributed by atoms with Crippen LogP contribution in [0.15, 0.2) is 36.2 Å². The van der Waals surface area contributed by atoms with Crippen LogP contribution >= 0.6 is 0 Å². The molecule has 0 spiro atoms. The maximum atomic E-state index is 4.37. The fraction of sp³-hybridized carbons (Fsp3) is 0.714. The summed E-state index contributed by atoms with van der Waals surface area (Å²) in [5.74, 6) is 2.01. The van der Waals surface area contributed by atoms with Crippen LogP contribution in [-0.2, 0) is 6.42 Å². The third-order valence-electron chi connectivity index (χ3n) is 9.06. The molecule has 5 heteroatoms. The van der Waals surface area contributed by atoms with Crippen molar-refractivity contribution in [1.82, 2.24) is 15.1 Å². The summed E-state index contributed by atoms with van der Waals surface area (Å²) in [6, 6.07) is 5.57. The Bertz CT molecular complexity index is 937. The summed E-state index contributed by atoms with van der Waals surface area (Å²) in [6.07, 6.45) is 16.0. The van der Waals surface area contributed by atoms with Crippen molar-refractivity contribution in [2.24, 2.45) is 5.92 Å². The Hall–Kier alpha value is -2.14. The number of hydrogen-bond acceptors (Lipinski definition) is 5. The zero-order valence-corrected chi connectivity index (χ0v) is 27.2. The van der Waals surface area contributed by atoms with Gasteiger partial charge in [-0.2, -0.15) is 0 Å². The second-order valence-electron chi connectivity index (χ2n) is 12.9. The third kappa shape index (κ3) is 9.75. The molecule has 1 saturated heterocycles. The molecular weight excluding hydrogens is 490 g/mol. The number of anilines is 2. The number of rotatable bonds is 15. The SMILES string of the molecule is C=C(/C=C(/NC1CCC(Cc2cc(N3CCCCC3)cc(C)c2N(C)CCC)CC1)N(C)CC)CCCN(C)C. The standard InChI is InChI=1S/C35H61N5/c1-9-20-39(8)35-29(4)25-33(40-22-12-11-13-23-40)27-31(35)26-30-16-18-32(19-17-30)36-34(38(7)10-2)24-28(3)15-14-21-37(5)6/h24-25,27,30,32,36H,3,9-23,26H2,1-2,4-8H3/b34-24-. The molecule has 0 amide bonds. The highest BCUT2D eigenvalue weighted by Gasteiger charge is 2.25. The van der Waals surface area contributed by atoms with Crippen molar-refractivity contribution < 1.29 is 0 Å². The lowest BCUT2D eigenvalue weighted by Crippen LogP contribution is -2.38. The van der Waals surface area contributed by atoms with E-state index in [1.165, 1.54) is 99.2 Å². The van der Waals surface area contributed by atoms with Gasteiger partial charge >= 0.3 is 0 Å². The smallest absolute Gasteiger partial charge is 0.101 e. The zero-order chi connectivity index (χ0) is 29.1. The predicted molar refractivity (Wildman–Crippen MR) is 177 cm³/mol. The minimum Gasteiger partial charge on any atom is -0.374 e. The molecule has 226 valence electrons. The van der Waals surface area contributed by atoms with Gasteiger partial charge in [-0.1, -0.05) is 19.1 Å². The Balaban J connectivity index is 1.66. The molecule has 0 atom stereocenters. The van der Waals surface area contributed by atoms with Gasteiger partial charge in [-0.05, 0) is 140 Å². The van der Waals surface area contributed by atoms with Crippen molar-refractivity contribution in [2.75, 3.05) is 70.7 Å². The van der Waals surface area contributed by atoms with Gasteiger partial charge in [0.25, 0.3) is 0 Å². The Labute approximate surface area is 247 Å². The first-order valence-corrected chi connectivity index (χ1v) is 16.3. The van der Waals surface area contributed by atoms with Crippen molar-refractivity contribution >= 4 is 11.4 Å². The monoisotopic (exact) mass is 551 g/mol. The average molecular weight is 552 g/mol. The molecule has 40 heavy (non-hydrogen) atoms. The van der Waals surface area contributed by atoms with Gasteiger partial charge < -0.3 is 24.9 Å². The van der Waals surface area contributed by atoms with Gasteiger partial charge in [-0.15, -0.1) is 0 Å². The van der Waals surface area contributed by atoms with Crippen LogP contribution < -0.4 is 15.1 Å². The largest absolute Gasteiger partial charge is 0.374 e. The summed E-state index contributed by atoms with van der Waals surface area (Å²) in [6.45, 7) is 16.9. The van der Waals surface area contributed by atoms with Crippen LogP contribution in [0, 0.1) is 12.8 Å². The van der Waals surface area contributed by atoms with E-state index in [9.17, 15) is 0 Å². The van der Waals surface area contributed by atoms with E-state index >= 15 is 0 Å². The van der Waals surface area contributed by atoms with Crippen molar-refractivity contribution in [3.05, 3.63) is 47.3 Å². The Morgan fingerprint density at radius 1 is 1.00 bits per heavy atom. The number of allylic oxidation sites excluding steroid dienone is 2. The van der Waals surface area contributed by atoms with Gasteiger partial charge in [0, 0.05) is 57.7 Å². The molecule has 1 heterocycles. The van der Waals surface area contributed by atoms with E-state index in [0.29, 0.717) is 6.04 Å². The molecule has 0 unspecified atom stereocenters. The van der Waals surface area contributed by atoms with Crippen LogP contribution in [0.4, 0.5) is 11.4 Å². The summed E-state index contributed by atoms with van der Waals surface area (Å²) < 4.78 is 0. The van der Waals surface area contributed by atoms with Gasteiger partial charge in [0.2, 0.25) is 0 Å². The van der Waals surface area contributed by atoms with E-state index in [0.717, 1.165) is 38.4 Å². The van der Waals surface area contributed by atoms with Gasteiger partial charge in [-0.25, -0.2) is 0 Å². The normalized spacial score (nSPS) is 20.1. The molecule has 1 aliphatic carbocycles. The molecule has 0 aromatic heterocycles. The molecule has 0 bridgehead atoms. The minimum absolute atomic E-state index is 0.551. The Kier molecular flexibility index (Phi) is 13.2. The van der Waals surface area contributed by atoms with E-state index in [1.807, 2.05) is 0 Å². The van der Waals surface area contributed by atoms with Crippen molar-refractivity contribution in [3.8, 4) is 0 Å². The predicted octanol–water partition coefficient (Wildman–Crippen LogP) is 7.21. The van der Waals surface area contributed by atoms with Gasteiger partial charge in [0.1, 0.15) is 5.82 Å². The van der Waals surface area contributed by atoms with Crippen molar-refractivity contribution in [3.63, 3.8) is 0 Å². The zero-order valence-electron chi connectivity index (χ0n) is 27.2. The van der Waals surface area contributed by atoms with Crippen LogP contribution in [-0.4, -0.2) is 76.8 Å². The molecule has 0 radical (unpaired) electrons. The second-order valence-corrected chi connectivity index (χ2v) is 12.9.